The van der Waals surface area contributed by atoms with Crippen molar-refractivity contribution in [1.29, 1.82) is 0 Å². The summed E-state index contributed by atoms with van der Waals surface area (Å²) in [4.78, 5) is 13.4. The Morgan fingerprint density at radius 3 is 2.73 bits per heavy atom. The van der Waals surface area contributed by atoms with Crippen molar-refractivity contribution >= 4 is 11.2 Å². The maximum Gasteiger partial charge on any atom is 0.188 e. The lowest BCUT2D eigenvalue weighted by Gasteiger charge is -2.03. The normalized spacial score (nSPS) is 11.2. The van der Waals surface area contributed by atoms with Crippen LogP contribution < -0.4 is 4.74 Å². The average molecular weight is 402 g/mol. The van der Waals surface area contributed by atoms with E-state index in [0.717, 1.165) is 18.7 Å². The molecule has 0 unspecified atom stereocenters. The molecule has 0 bridgehead atoms. The Morgan fingerprint density at radius 2 is 1.93 bits per heavy atom. The van der Waals surface area contributed by atoms with Crippen LogP contribution in [0.1, 0.15) is 11.4 Å². The fraction of sp³-hybridized carbons (Fsp3) is 0.211. The third-order valence-corrected chi connectivity index (χ3v) is 4.58. The second-order valence-corrected chi connectivity index (χ2v) is 6.61. The van der Waals surface area contributed by atoms with Crippen molar-refractivity contribution in [3.05, 3.63) is 66.8 Å². The van der Waals surface area contributed by atoms with Gasteiger partial charge in [-0.3, -0.25) is 9.36 Å². The van der Waals surface area contributed by atoms with E-state index < -0.39 is 0 Å². The van der Waals surface area contributed by atoms with Gasteiger partial charge < -0.3 is 4.74 Å². The third-order valence-electron chi connectivity index (χ3n) is 4.58. The van der Waals surface area contributed by atoms with Crippen LogP contribution in [0.25, 0.3) is 17.0 Å². The van der Waals surface area contributed by atoms with Crippen LogP contribution in [0.15, 0.2) is 55.4 Å². The van der Waals surface area contributed by atoms with E-state index in [2.05, 4.69) is 35.5 Å². The van der Waals surface area contributed by atoms with Crippen molar-refractivity contribution in [2.75, 3.05) is 7.11 Å². The molecule has 0 saturated heterocycles. The highest BCUT2D eigenvalue weighted by atomic mass is 16.5. The highest BCUT2D eigenvalue weighted by Crippen LogP contribution is 2.16. The van der Waals surface area contributed by atoms with Gasteiger partial charge >= 0.3 is 0 Å². The third kappa shape index (κ3) is 3.60. The van der Waals surface area contributed by atoms with E-state index in [1.54, 1.807) is 36.4 Å². The molecule has 0 radical (unpaired) electrons. The van der Waals surface area contributed by atoms with Gasteiger partial charge in [0.25, 0.3) is 0 Å². The molecular weight excluding hydrogens is 384 g/mol. The number of aromatic nitrogens is 10. The summed E-state index contributed by atoms with van der Waals surface area (Å²) in [7, 11) is 1.60. The van der Waals surface area contributed by atoms with E-state index >= 15 is 0 Å². The molecule has 30 heavy (non-hydrogen) atoms. The van der Waals surface area contributed by atoms with E-state index in [-0.39, 0.29) is 0 Å². The van der Waals surface area contributed by atoms with Crippen LogP contribution in [-0.2, 0) is 19.5 Å². The quantitative estimate of drug-likeness (QED) is 0.400. The lowest BCUT2D eigenvalue weighted by Crippen LogP contribution is -2.07. The van der Waals surface area contributed by atoms with Crippen molar-refractivity contribution in [3.8, 4) is 11.6 Å². The maximum atomic E-state index is 5.15. The molecule has 5 rings (SSSR count). The van der Waals surface area contributed by atoms with Crippen molar-refractivity contribution in [3.63, 3.8) is 0 Å². The van der Waals surface area contributed by atoms with Crippen LogP contribution in [-0.4, -0.2) is 56.6 Å². The fourth-order valence-electron chi connectivity index (χ4n) is 3.06. The lowest BCUT2D eigenvalue weighted by molar-refractivity contribution is 0.412. The molecule has 0 atom stereocenters. The van der Waals surface area contributed by atoms with Crippen molar-refractivity contribution in [1.82, 2.24) is 49.5 Å². The first-order chi connectivity index (χ1) is 14.8. The second kappa shape index (κ2) is 7.70. The zero-order valence-corrected chi connectivity index (χ0v) is 16.2. The molecule has 5 aromatic rings. The van der Waals surface area contributed by atoms with Crippen molar-refractivity contribution < 1.29 is 4.74 Å². The molecule has 0 aliphatic rings. The van der Waals surface area contributed by atoms with Gasteiger partial charge in [0.2, 0.25) is 0 Å². The Kier molecular flexibility index (Phi) is 4.60. The van der Waals surface area contributed by atoms with Crippen LogP contribution >= 0.6 is 0 Å². The van der Waals surface area contributed by atoms with E-state index in [4.69, 9.17) is 4.74 Å². The number of rotatable bonds is 7. The molecule has 150 valence electrons. The van der Waals surface area contributed by atoms with Crippen LogP contribution in [0, 0.1) is 0 Å². The van der Waals surface area contributed by atoms with Gasteiger partial charge in [0.05, 0.1) is 38.8 Å². The molecule has 11 nitrogen and oxygen atoms in total. The van der Waals surface area contributed by atoms with Gasteiger partial charge in [0.15, 0.2) is 17.0 Å². The summed E-state index contributed by atoms with van der Waals surface area (Å²) < 4.78 is 10.5. The number of fused-ring (bicyclic) bond motifs is 1. The average Bonchev–Trinajstić information content (AvgIpc) is 3.53. The Hall–Kier alpha value is -4.15. The largest absolute Gasteiger partial charge is 0.495 e. The Bertz CT molecular complexity index is 1260. The molecular formula is C19H18N10O. The predicted molar refractivity (Wildman–Crippen MR) is 106 cm³/mol. The molecule has 0 N–H and O–H groups in total. The smallest absolute Gasteiger partial charge is 0.188 e. The summed E-state index contributed by atoms with van der Waals surface area (Å²) in [5, 5.41) is 16.9. The van der Waals surface area contributed by atoms with E-state index in [1.165, 1.54) is 0 Å². The van der Waals surface area contributed by atoms with Gasteiger partial charge in [-0.05, 0) is 23.8 Å². The number of aryl methyl sites for hydroxylation is 2. The zero-order valence-electron chi connectivity index (χ0n) is 16.2. The lowest BCUT2D eigenvalue weighted by atomic mass is 10.2. The highest BCUT2D eigenvalue weighted by Gasteiger charge is 2.12. The summed E-state index contributed by atoms with van der Waals surface area (Å²) in [6, 6.07) is 5.52. The minimum atomic E-state index is 0.554. The molecule has 0 spiro atoms. The summed E-state index contributed by atoms with van der Waals surface area (Å²) in [5.74, 6) is 1.93. The molecule has 5 heterocycles. The van der Waals surface area contributed by atoms with Gasteiger partial charge in [0.1, 0.15) is 11.6 Å². The molecule has 11 heteroatoms. The van der Waals surface area contributed by atoms with Crippen LogP contribution in [0.5, 0.6) is 5.75 Å². The number of ether oxygens (including phenoxy) is 1. The minimum absolute atomic E-state index is 0.554. The molecule has 5 aromatic heterocycles. The Morgan fingerprint density at radius 1 is 1.00 bits per heavy atom. The van der Waals surface area contributed by atoms with Gasteiger partial charge in [0, 0.05) is 25.0 Å². The molecule has 0 amide bonds. The van der Waals surface area contributed by atoms with E-state index in [1.807, 2.05) is 40.1 Å². The Labute approximate surface area is 171 Å². The number of hydrogen-bond acceptors (Lipinski definition) is 8. The Balaban J connectivity index is 1.35. The number of pyridine rings is 1. The molecule has 0 aliphatic heterocycles. The van der Waals surface area contributed by atoms with Gasteiger partial charge in [-0.1, -0.05) is 5.21 Å². The van der Waals surface area contributed by atoms with Crippen molar-refractivity contribution in [2.45, 2.75) is 19.5 Å². The van der Waals surface area contributed by atoms with E-state index in [0.29, 0.717) is 35.0 Å². The van der Waals surface area contributed by atoms with Gasteiger partial charge in [-0.25, -0.2) is 15.0 Å². The second-order valence-electron chi connectivity index (χ2n) is 6.61. The van der Waals surface area contributed by atoms with Crippen LogP contribution in [0.3, 0.4) is 0 Å². The number of hydrogen-bond donors (Lipinski definition) is 0. The molecule has 0 aromatic carbocycles. The monoisotopic (exact) mass is 402 g/mol. The summed E-state index contributed by atoms with van der Waals surface area (Å²) in [6.45, 7) is 1.50. The van der Waals surface area contributed by atoms with Crippen LogP contribution in [0.2, 0.25) is 0 Å². The fourth-order valence-corrected chi connectivity index (χ4v) is 3.06. The SMILES string of the molecule is COc1ccc(-n2nnc3cnc(Cc4cnn(CCn5cccn5)c4)nc32)nc1. The number of nitrogens with zero attached hydrogens (tertiary/aromatic N) is 10. The highest BCUT2D eigenvalue weighted by molar-refractivity contribution is 5.70. The first-order valence-electron chi connectivity index (χ1n) is 9.35. The van der Waals surface area contributed by atoms with Crippen LogP contribution in [0.4, 0.5) is 0 Å². The van der Waals surface area contributed by atoms with Gasteiger partial charge in [-0.2, -0.15) is 14.9 Å². The maximum absolute atomic E-state index is 5.15. The molecule has 0 fully saturated rings. The van der Waals surface area contributed by atoms with Crippen molar-refractivity contribution in [2.24, 2.45) is 0 Å². The van der Waals surface area contributed by atoms with Gasteiger partial charge in [-0.15, -0.1) is 5.10 Å². The molecule has 0 saturated carbocycles. The first kappa shape index (κ1) is 17.9. The summed E-state index contributed by atoms with van der Waals surface area (Å²) in [6.07, 6.45) is 11.4. The standard InChI is InChI=1S/C19H18N10O/c1-30-15-3-4-18(21-11-15)29-19-16(25-26-29)12-20-17(24-19)9-14-10-23-28(13-14)8-7-27-6-2-5-22-27/h2-6,10-13H,7-9H2,1H3. The molecule has 0 aliphatic carbocycles. The summed E-state index contributed by atoms with van der Waals surface area (Å²) >= 11 is 0. The number of methoxy groups -OCH3 is 1. The summed E-state index contributed by atoms with van der Waals surface area (Å²) in [5.41, 5.74) is 2.23. The topological polar surface area (TPSA) is 114 Å². The van der Waals surface area contributed by atoms with E-state index in [9.17, 15) is 0 Å². The first-order valence-corrected chi connectivity index (χ1v) is 9.35. The predicted octanol–water partition coefficient (Wildman–Crippen LogP) is 1.30. The zero-order chi connectivity index (χ0) is 20.3. The minimum Gasteiger partial charge on any atom is -0.495 e.